The number of aliphatic hydroxyl groups is 2. The quantitative estimate of drug-likeness (QED) is 0.759. The normalized spacial score (nSPS) is 16.6. The summed E-state index contributed by atoms with van der Waals surface area (Å²) in [6.45, 7) is 19.4. The minimum Gasteiger partial charge on any atom is -0.396 e. The predicted molar refractivity (Wildman–Crippen MR) is 83.1 cm³/mol. The van der Waals surface area contributed by atoms with E-state index in [4.69, 9.17) is 0 Å². The summed E-state index contributed by atoms with van der Waals surface area (Å²) in [7, 11) is 0. The zero-order valence-electron chi connectivity index (χ0n) is 14.6. The molecule has 2 heteroatoms. The lowest BCUT2D eigenvalue weighted by Gasteiger charge is -2.46. The van der Waals surface area contributed by atoms with Gasteiger partial charge in [0, 0.05) is 6.61 Å². The third-order valence-corrected chi connectivity index (χ3v) is 3.83. The summed E-state index contributed by atoms with van der Waals surface area (Å²) in [5.74, 6) is 0. The standard InChI is InChI=1S/C17H36O2/c1-14(2,3)10-16(6,7)13(19)17(8,9)11-15(4,5)12-18/h13,18-19H,10-12H2,1-9H3. The van der Waals surface area contributed by atoms with E-state index in [9.17, 15) is 10.2 Å². The van der Waals surface area contributed by atoms with Gasteiger partial charge in [-0.15, -0.1) is 0 Å². The van der Waals surface area contributed by atoms with Crippen molar-refractivity contribution in [1.29, 1.82) is 0 Å². The highest BCUT2D eigenvalue weighted by atomic mass is 16.3. The van der Waals surface area contributed by atoms with E-state index in [1.54, 1.807) is 0 Å². The first kappa shape index (κ1) is 18.9. The van der Waals surface area contributed by atoms with Crippen molar-refractivity contribution in [3.05, 3.63) is 0 Å². The number of rotatable bonds is 6. The van der Waals surface area contributed by atoms with Crippen molar-refractivity contribution in [3.63, 3.8) is 0 Å². The Bertz CT molecular complexity index is 282. The third kappa shape index (κ3) is 6.27. The van der Waals surface area contributed by atoms with Crippen molar-refractivity contribution in [2.75, 3.05) is 6.61 Å². The van der Waals surface area contributed by atoms with Crippen LogP contribution in [-0.2, 0) is 0 Å². The first-order chi connectivity index (χ1) is 8.13. The molecule has 2 N–H and O–H groups in total. The Morgan fingerprint density at radius 1 is 0.737 bits per heavy atom. The molecule has 2 nitrogen and oxygen atoms in total. The number of hydrogen-bond donors (Lipinski definition) is 2. The van der Waals surface area contributed by atoms with Gasteiger partial charge < -0.3 is 10.2 Å². The molecule has 19 heavy (non-hydrogen) atoms. The van der Waals surface area contributed by atoms with Gasteiger partial charge >= 0.3 is 0 Å². The fraction of sp³-hybridized carbons (Fsp3) is 1.00. The van der Waals surface area contributed by atoms with Gasteiger partial charge in [-0.1, -0.05) is 62.3 Å². The summed E-state index contributed by atoms with van der Waals surface area (Å²) in [6.07, 6.45) is 1.40. The summed E-state index contributed by atoms with van der Waals surface area (Å²) in [5, 5.41) is 20.3. The second kappa shape index (κ2) is 5.73. The predicted octanol–water partition coefficient (Wildman–Crippen LogP) is 4.24. The molecule has 0 aromatic rings. The van der Waals surface area contributed by atoms with Crippen LogP contribution in [0.5, 0.6) is 0 Å². The lowest BCUT2D eigenvalue weighted by Crippen LogP contribution is -2.45. The Morgan fingerprint density at radius 3 is 1.42 bits per heavy atom. The molecule has 0 aliphatic heterocycles. The smallest absolute Gasteiger partial charge is 0.0642 e. The maximum atomic E-state index is 10.8. The topological polar surface area (TPSA) is 40.5 Å². The van der Waals surface area contributed by atoms with Crippen LogP contribution in [0.3, 0.4) is 0 Å². The molecule has 0 heterocycles. The highest BCUT2D eigenvalue weighted by Gasteiger charge is 2.43. The molecule has 1 atom stereocenters. The fourth-order valence-corrected chi connectivity index (χ4v) is 3.91. The summed E-state index contributed by atoms with van der Waals surface area (Å²) < 4.78 is 0. The van der Waals surface area contributed by atoms with Gasteiger partial charge in [-0.25, -0.2) is 0 Å². The molecule has 1 unspecified atom stereocenters. The van der Waals surface area contributed by atoms with Gasteiger partial charge in [0.15, 0.2) is 0 Å². The van der Waals surface area contributed by atoms with Gasteiger partial charge in [-0.05, 0) is 34.5 Å². The zero-order chi connectivity index (χ0) is 15.7. The van der Waals surface area contributed by atoms with Crippen LogP contribution in [0.25, 0.3) is 0 Å². The van der Waals surface area contributed by atoms with Crippen LogP contribution in [0.4, 0.5) is 0 Å². The molecule has 0 amide bonds. The Kier molecular flexibility index (Phi) is 5.71. The first-order valence-corrected chi connectivity index (χ1v) is 7.42. The van der Waals surface area contributed by atoms with Crippen molar-refractivity contribution < 1.29 is 10.2 Å². The molecule has 0 radical (unpaired) electrons. The molecule has 0 aromatic heterocycles. The second-order valence-corrected chi connectivity index (χ2v) is 9.62. The summed E-state index contributed by atoms with van der Waals surface area (Å²) in [4.78, 5) is 0. The molecule has 0 saturated carbocycles. The van der Waals surface area contributed by atoms with E-state index in [1.165, 1.54) is 0 Å². The monoisotopic (exact) mass is 272 g/mol. The van der Waals surface area contributed by atoms with E-state index in [1.807, 2.05) is 0 Å². The molecule has 0 aliphatic carbocycles. The molecule has 0 fully saturated rings. The minimum atomic E-state index is -0.384. The van der Waals surface area contributed by atoms with Crippen molar-refractivity contribution in [2.24, 2.45) is 21.7 Å². The molecule has 0 spiro atoms. The molecule has 0 saturated heterocycles. The van der Waals surface area contributed by atoms with Gasteiger partial charge in [-0.3, -0.25) is 0 Å². The molecular weight excluding hydrogens is 236 g/mol. The van der Waals surface area contributed by atoms with Crippen LogP contribution in [-0.4, -0.2) is 22.9 Å². The number of aliphatic hydroxyl groups excluding tert-OH is 2. The highest BCUT2D eigenvalue weighted by Crippen LogP contribution is 2.46. The summed E-state index contributed by atoms with van der Waals surface area (Å²) >= 11 is 0. The van der Waals surface area contributed by atoms with Crippen molar-refractivity contribution in [3.8, 4) is 0 Å². The molecule has 0 aromatic carbocycles. The van der Waals surface area contributed by atoms with Gasteiger partial charge in [-0.2, -0.15) is 0 Å². The van der Waals surface area contributed by atoms with E-state index in [0.717, 1.165) is 12.8 Å². The van der Waals surface area contributed by atoms with Crippen LogP contribution in [0.1, 0.15) is 75.2 Å². The zero-order valence-corrected chi connectivity index (χ0v) is 14.6. The molecule has 0 bridgehead atoms. The lowest BCUT2D eigenvalue weighted by molar-refractivity contribution is -0.0779. The van der Waals surface area contributed by atoms with Crippen LogP contribution < -0.4 is 0 Å². The molecule has 116 valence electrons. The van der Waals surface area contributed by atoms with E-state index in [-0.39, 0.29) is 34.4 Å². The second-order valence-electron chi connectivity index (χ2n) is 9.62. The third-order valence-electron chi connectivity index (χ3n) is 3.83. The number of hydrogen-bond acceptors (Lipinski definition) is 2. The van der Waals surface area contributed by atoms with E-state index in [0.29, 0.717) is 0 Å². The van der Waals surface area contributed by atoms with Gasteiger partial charge in [0.05, 0.1) is 6.10 Å². The van der Waals surface area contributed by atoms with Gasteiger partial charge in [0.2, 0.25) is 0 Å². The molecule has 0 rings (SSSR count). The summed E-state index contributed by atoms with van der Waals surface area (Å²) in [5.41, 5.74) is -0.288. The summed E-state index contributed by atoms with van der Waals surface area (Å²) in [6, 6.07) is 0. The maximum absolute atomic E-state index is 10.8. The van der Waals surface area contributed by atoms with E-state index < -0.39 is 0 Å². The van der Waals surface area contributed by atoms with Crippen LogP contribution in [0.2, 0.25) is 0 Å². The Labute approximate surface area is 120 Å². The average Bonchev–Trinajstić information content (AvgIpc) is 2.11. The van der Waals surface area contributed by atoms with Gasteiger partial charge in [0.1, 0.15) is 0 Å². The van der Waals surface area contributed by atoms with Crippen LogP contribution >= 0.6 is 0 Å². The minimum absolute atomic E-state index is 0.132. The van der Waals surface area contributed by atoms with Gasteiger partial charge in [0.25, 0.3) is 0 Å². The molecular formula is C17H36O2. The first-order valence-electron chi connectivity index (χ1n) is 7.42. The van der Waals surface area contributed by atoms with Crippen molar-refractivity contribution >= 4 is 0 Å². The van der Waals surface area contributed by atoms with Crippen LogP contribution in [0, 0.1) is 21.7 Å². The van der Waals surface area contributed by atoms with E-state index in [2.05, 4.69) is 62.3 Å². The molecule has 0 aliphatic rings. The SMILES string of the molecule is CC(C)(C)CC(C)(C)C(O)C(C)(C)CC(C)(C)CO. The van der Waals surface area contributed by atoms with Crippen molar-refractivity contribution in [1.82, 2.24) is 0 Å². The lowest BCUT2D eigenvalue weighted by atomic mass is 9.62. The average molecular weight is 272 g/mol. The Balaban J connectivity index is 5.01. The Hall–Kier alpha value is -0.0800. The fourth-order valence-electron chi connectivity index (χ4n) is 3.91. The maximum Gasteiger partial charge on any atom is 0.0642 e. The Morgan fingerprint density at radius 2 is 1.11 bits per heavy atom. The van der Waals surface area contributed by atoms with E-state index >= 15 is 0 Å². The highest BCUT2D eigenvalue weighted by molar-refractivity contribution is 4.93. The van der Waals surface area contributed by atoms with Crippen LogP contribution in [0.15, 0.2) is 0 Å². The largest absolute Gasteiger partial charge is 0.396 e. The van der Waals surface area contributed by atoms with Crippen molar-refractivity contribution in [2.45, 2.75) is 81.3 Å².